The first-order chi connectivity index (χ1) is 11.4. The second-order valence-electron chi connectivity index (χ2n) is 5.88. The molecule has 1 aromatic heterocycles. The van der Waals surface area contributed by atoms with E-state index in [1.807, 2.05) is 12.4 Å². The Bertz CT molecular complexity index is 785. The molecule has 4 rings (SSSR count). The third kappa shape index (κ3) is 3.19. The lowest BCUT2D eigenvalue weighted by Crippen LogP contribution is -2.14. The highest BCUT2D eigenvalue weighted by atomic mass is 32.2. The SMILES string of the molecule is c1ccc(C2CCN(SNc3cccc4cnccc34)C2)cc1. The van der Waals surface area contributed by atoms with Crippen LogP contribution < -0.4 is 4.72 Å². The third-order valence-corrected chi connectivity index (χ3v) is 5.29. The third-order valence-electron chi connectivity index (χ3n) is 4.39. The highest BCUT2D eigenvalue weighted by molar-refractivity contribution is 7.98. The molecule has 0 aliphatic carbocycles. The average molecular weight is 321 g/mol. The van der Waals surface area contributed by atoms with Gasteiger partial charge in [0.25, 0.3) is 0 Å². The molecule has 4 heteroatoms. The van der Waals surface area contributed by atoms with Crippen LogP contribution in [0.4, 0.5) is 5.69 Å². The number of anilines is 1. The molecule has 0 amide bonds. The van der Waals surface area contributed by atoms with Gasteiger partial charge < -0.3 is 4.72 Å². The number of hydrogen-bond acceptors (Lipinski definition) is 4. The van der Waals surface area contributed by atoms with E-state index in [0.717, 1.165) is 18.8 Å². The number of hydrogen-bond donors (Lipinski definition) is 1. The van der Waals surface area contributed by atoms with Crippen molar-refractivity contribution >= 4 is 28.6 Å². The molecular formula is C19H19N3S. The van der Waals surface area contributed by atoms with Crippen LogP contribution in [0.3, 0.4) is 0 Å². The van der Waals surface area contributed by atoms with E-state index >= 15 is 0 Å². The lowest BCUT2D eigenvalue weighted by molar-refractivity contribution is 0.577. The first kappa shape index (κ1) is 14.5. The van der Waals surface area contributed by atoms with Crippen molar-refractivity contribution in [2.24, 2.45) is 0 Å². The van der Waals surface area contributed by atoms with Gasteiger partial charge in [0.2, 0.25) is 0 Å². The standard InChI is InChI=1S/C19H19N3S/c1-2-5-15(6-3-1)17-10-12-22(14-17)23-21-19-8-4-7-16-13-20-11-9-18(16)19/h1-9,11,13,17,21H,10,12,14H2. The van der Waals surface area contributed by atoms with E-state index in [1.165, 1.54) is 22.8 Å². The first-order valence-electron chi connectivity index (χ1n) is 7.96. The smallest absolute Gasteiger partial charge is 0.0531 e. The molecule has 1 saturated heterocycles. The average Bonchev–Trinajstić information content (AvgIpc) is 3.10. The predicted octanol–water partition coefficient (Wildman–Crippen LogP) is 4.70. The Morgan fingerprint density at radius 2 is 1.96 bits per heavy atom. The maximum atomic E-state index is 4.19. The Morgan fingerprint density at radius 1 is 1.04 bits per heavy atom. The number of benzene rings is 2. The summed E-state index contributed by atoms with van der Waals surface area (Å²) in [5, 5.41) is 2.38. The minimum absolute atomic E-state index is 0.641. The summed E-state index contributed by atoms with van der Waals surface area (Å²) < 4.78 is 5.93. The summed E-state index contributed by atoms with van der Waals surface area (Å²) in [6.45, 7) is 2.21. The van der Waals surface area contributed by atoms with E-state index in [0.29, 0.717) is 5.92 Å². The van der Waals surface area contributed by atoms with E-state index in [2.05, 4.69) is 68.6 Å². The van der Waals surface area contributed by atoms with Gasteiger partial charge in [-0.3, -0.25) is 4.98 Å². The molecule has 2 heterocycles. The fourth-order valence-corrected chi connectivity index (χ4v) is 3.99. The molecule has 0 bridgehead atoms. The molecule has 116 valence electrons. The summed E-state index contributed by atoms with van der Waals surface area (Å²) >= 11 is 1.71. The molecule has 0 saturated carbocycles. The second kappa shape index (κ2) is 6.60. The zero-order valence-electron chi connectivity index (χ0n) is 12.9. The summed E-state index contributed by atoms with van der Waals surface area (Å²) in [6, 6.07) is 19.2. The molecular weight excluding hydrogens is 302 g/mol. The minimum atomic E-state index is 0.641. The van der Waals surface area contributed by atoms with Crippen LogP contribution in [0.1, 0.15) is 17.9 Å². The van der Waals surface area contributed by atoms with Crippen molar-refractivity contribution in [3.63, 3.8) is 0 Å². The van der Waals surface area contributed by atoms with Gasteiger partial charge in [0.15, 0.2) is 0 Å². The lowest BCUT2D eigenvalue weighted by Gasteiger charge is -2.16. The van der Waals surface area contributed by atoms with Gasteiger partial charge in [0.1, 0.15) is 0 Å². The molecule has 1 aliphatic rings. The van der Waals surface area contributed by atoms with Crippen LogP contribution in [0.5, 0.6) is 0 Å². The number of pyridine rings is 1. The normalized spacial score (nSPS) is 18.3. The molecule has 0 radical (unpaired) electrons. The van der Waals surface area contributed by atoms with Gasteiger partial charge in [-0.1, -0.05) is 42.5 Å². The van der Waals surface area contributed by atoms with Crippen molar-refractivity contribution < 1.29 is 0 Å². The van der Waals surface area contributed by atoms with Gasteiger partial charge >= 0.3 is 0 Å². The number of rotatable bonds is 4. The number of fused-ring (bicyclic) bond motifs is 1. The van der Waals surface area contributed by atoms with E-state index in [-0.39, 0.29) is 0 Å². The van der Waals surface area contributed by atoms with Crippen molar-refractivity contribution in [1.29, 1.82) is 0 Å². The van der Waals surface area contributed by atoms with Gasteiger partial charge in [-0.05, 0) is 30.0 Å². The van der Waals surface area contributed by atoms with Crippen LogP contribution in [0, 0.1) is 0 Å². The topological polar surface area (TPSA) is 28.2 Å². The summed E-state index contributed by atoms with van der Waals surface area (Å²) in [5.74, 6) is 0.641. The van der Waals surface area contributed by atoms with Gasteiger partial charge in [0, 0.05) is 48.4 Å². The van der Waals surface area contributed by atoms with Crippen LogP contribution in [-0.2, 0) is 0 Å². The van der Waals surface area contributed by atoms with Crippen molar-refractivity contribution in [2.45, 2.75) is 12.3 Å². The molecule has 3 nitrogen and oxygen atoms in total. The first-order valence-corrected chi connectivity index (χ1v) is 8.73. The number of nitrogens with zero attached hydrogens (tertiary/aromatic N) is 2. The number of aromatic nitrogens is 1. The fraction of sp³-hybridized carbons (Fsp3) is 0.211. The molecule has 1 unspecified atom stereocenters. The van der Waals surface area contributed by atoms with E-state index in [9.17, 15) is 0 Å². The fourth-order valence-electron chi connectivity index (χ4n) is 3.13. The Balaban J connectivity index is 1.42. The van der Waals surface area contributed by atoms with Crippen LogP contribution in [0.25, 0.3) is 10.8 Å². The molecule has 0 spiro atoms. The quantitative estimate of drug-likeness (QED) is 0.705. The molecule has 1 fully saturated rings. The maximum absolute atomic E-state index is 4.19. The summed E-state index contributed by atoms with van der Waals surface area (Å²) in [5.41, 5.74) is 2.60. The molecule has 23 heavy (non-hydrogen) atoms. The van der Waals surface area contributed by atoms with Crippen LogP contribution in [0.2, 0.25) is 0 Å². The minimum Gasteiger partial charge on any atom is -0.316 e. The summed E-state index contributed by atoms with van der Waals surface area (Å²) in [6.07, 6.45) is 4.98. The Kier molecular flexibility index (Phi) is 4.18. The molecule has 1 aliphatic heterocycles. The predicted molar refractivity (Wildman–Crippen MR) is 98.3 cm³/mol. The van der Waals surface area contributed by atoms with Crippen LogP contribution in [-0.4, -0.2) is 22.4 Å². The largest absolute Gasteiger partial charge is 0.316 e. The van der Waals surface area contributed by atoms with Gasteiger partial charge in [0.05, 0.1) is 5.69 Å². The zero-order chi connectivity index (χ0) is 15.5. The summed E-state index contributed by atoms with van der Waals surface area (Å²) in [4.78, 5) is 4.19. The van der Waals surface area contributed by atoms with Crippen molar-refractivity contribution in [1.82, 2.24) is 9.29 Å². The molecule has 1 atom stereocenters. The molecule has 1 N–H and O–H groups in total. The maximum Gasteiger partial charge on any atom is 0.0531 e. The van der Waals surface area contributed by atoms with E-state index in [1.54, 1.807) is 12.1 Å². The van der Waals surface area contributed by atoms with Gasteiger partial charge in [-0.25, -0.2) is 4.31 Å². The zero-order valence-corrected chi connectivity index (χ0v) is 13.7. The van der Waals surface area contributed by atoms with Crippen molar-refractivity contribution in [3.8, 4) is 0 Å². The highest BCUT2D eigenvalue weighted by Gasteiger charge is 2.24. The Labute approximate surface area is 141 Å². The van der Waals surface area contributed by atoms with Crippen LogP contribution in [0.15, 0.2) is 67.0 Å². The van der Waals surface area contributed by atoms with Gasteiger partial charge in [-0.15, -0.1) is 0 Å². The van der Waals surface area contributed by atoms with E-state index in [4.69, 9.17) is 0 Å². The Hall–Kier alpha value is -2.04. The van der Waals surface area contributed by atoms with E-state index < -0.39 is 0 Å². The monoisotopic (exact) mass is 321 g/mol. The second-order valence-corrected chi connectivity index (χ2v) is 6.78. The van der Waals surface area contributed by atoms with Crippen molar-refractivity contribution in [2.75, 3.05) is 17.8 Å². The van der Waals surface area contributed by atoms with Gasteiger partial charge in [-0.2, -0.15) is 0 Å². The molecule has 2 aromatic carbocycles. The Morgan fingerprint density at radius 3 is 2.87 bits per heavy atom. The van der Waals surface area contributed by atoms with Crippen LogP contribution >= 0.6 is 12.1 Å². The number of nitrogens with one attached hydrogen (secondary N) is 1. The van der Waals surface area contributed by atoms with Crippen molar-refractivity contribution in [3.05, 3.63) is 72.6 Å². The lowest BCUT2D eigenvalue weighted by atomic mass is 9.99. The highest BCUT2D eigenvalue weighted by Crippen LogP contribution is 2.32. The molecule has 3 aromatic rings. The summed E-state index contributed by atoms with van der Waals surface area (Å²) in [7, 11) is 0.